The number of allylic oxidation sites excluding steroid dienone is 1. The number of nitrogens with zero attached hydrogens (tertiary/aromatic N) is 5. The van der Waals surface area contributed by atoms with Crippen molar-refractivity contribution in [1.29, 1.82) is 0 Å². The summed E-state index contributed by atoms with van der Waals surface area (Å²) in [6.45, 7) is 6.00. The Morgan fingerprint density at radius 1 is 0.810 bits per heavy atom. The summed E-state index contributed by atoms with van der Waals surface area (Å²) in [6.07, 6.45) is -2.32. The maximum absolute atomic E-state index is 16.1. The Kier molecular flexibility index (Phi) is 9.97. The summed E-state index contributed by atoms with van der Waals surface area (Å²) in [5, 5.41) is 8.95. The van der Waals surface area contributed by atoms with Gasteiger partial charge in [-0.2, -0.15) is 17.6 Å². The molecular weight excluding hydrogens is 758 g/mol. The van der Waals surface area contributed by atoms with Crippen molar-refractivity contribution in [3.8, 4) is 0 Å². The van der Waals surface area contributed by atoms with Crippen molar-refractivity contribution in [1.82, 2.24) is 25.3 Å². The number of carbonyl (C=O) groups excluding carboxylic acids is 3. The van der Waals surface area contributed by atoms with Gasteiger partial charge in [0.2, 0.25) is 17.8 Å². The molecular formula is C43H44F5N7O3. The smallest absolute Gasteiger partial charge is 0.369 e. The lowest BCUT2D eigenvalue weighted by Crippen LogP contribution is -2.52. The molecule has 1 aliphatic carbocycles. The predicted molar refractivity (Wildman–Crippen MR) is 208 cm³/mol. The Balaban J connectivity index is 0.821. The van der Waals surface area contributed by atoms with Crippen LogP contribution in [0.1, 0.15) is 77.6 Å². The van der Waals surface area contributed by atoms with E-state index in [0.29, 0.717) is 83.8 Å². The SMILES string of the molecule is O=C1CC[C@H](N2Cc3cc(N4CCN(CC5CCN(c6ccc(C7=C(CC(F)(F)F)CCCc8c7ccc7[nH]nc(F)c87)cc6F)CC5)CC4)ccc3C2=O)C(=O)N1. The molecule has 5 heterocycles. The average Bonchev–Trinajstić information content (AvgIpc) is 3.67. The number of alkyl halides is 3. The van der Waals surface area contributed by atoms with Crippen LogP contribution >= 0.6 is 0 Å². The van der Waals surface area contributed by atoms with Crippen LogP contribution in [0.25, 0.3) is 16.5 Å². The normalized spacial score (nSPS) is 21.2. The van der Waals surface area contributed by atoms with Crippen LogP contribution in [0.15, 0.2) is 54.1 Å². The summed E-state index contributed by atoms with van der Waals surface area (Å²) in [5.41, 5.74) is 5.34. The van der Waals surface area contributed by atoms with E-state index in [-0.39, 0.29) is 35.6 Å². The van der Waals surface area contributed by atoms with E-state index in [1.165, 1.54) is 6.07 Å². The van der Waals surface area contributed by atoms with Gasteiger partial charge >= 0.3 is 6.18 Å². The number of hydrogen-bond donors (Lipinski definition) is 2. The lowest BCUT2D eigenvalue weighted by molar-refractivity contribution is -0.137. The quantitative estimate of drug-likeness (QED) is 0.158. The summed E-state index contributed by atoms with van der Waals surface area (Å²) in [7, 11) is 0. The van der Waals surface area contributed by atoms with Gasteiger partial charge in [-0.3, -0.25) is 29.7 Å². The maximum Gasteiger partial charge on any atom is 0.392 e. The second-order valence-electron chi connectivity index (χ2n) is 16.3. The van der Waals surface area contributed by atoms with E-state index in [9.17, 15) is 31.9 Å². The van der Waals surface area contributed by atoms with E-state index in [4.69, 9.17) is 0 Å². The number of piperazine rings is 1. The first kappa shape index (κ1) is 38.2. The molecule has 3 saturated heterocycles. The average molecular weight is 802 g/mol. The first-order valence-corrected chi connectivity index (χ1v) is 20.1. The van der Waals surface area contributed by atoms with Crippen LogP contribution in [-0.4, -0.2) is 95.8 Å². The molecule has 3 aromatic carbocycles. The number of amides is 3. The van der Waals surface area contributed by atoms with Crippen molar-refractivity contribution < 1.29 is 36.3 Å². The molecule has 4 aliphatic heterocycles. The monoisotopic (exact) mass is 801 g/mol. The second-order valence-corrected chi connectivity index (χ2v) is 16.3. The number of H-pyrrole nitrogens is 1. The van der Waals surface area contributed by atoms with E-state index in [2.05, 4.69) is 25.3 Å². The lowest BCUT2D eigenvalue weighted by atomic mass is 9.88. The molecule has 1 atom stereocenters. The maximum atomic E-state index is 16.1. The van der Waals surface area contributed by atoms with E-state index in [1.807, 2.05) is 23.1 Å². The molecule has 0 bridgehead atoms. The van der Waals surface area contributed by atoms with Gasteiger partial charge in [0.25, 0.3) is 5.91 Å². The summed E-state index contributed by atoms with van der Waals surface area (Å²) >= 11 is 0. The number of nitrogens with one attached hydrogen (secondary N) is 2. The standard InChI is InChI=1S/C43H44F5N7O3/c44-33-21-26(38-27(22-43(46,47)48)2-1-3-31-32(38)7-8-34-39(31)40(45)51-50-34)4-9-35(33)54-14-12-25(13-15-54)23-52-16-18-53(19-17-52)29-5-6-30-28(20-29)24-55(42(30)58)36-10-11-37(56)49-41(36)57/h4-9,20-21,25,36H,1-3,10-19,22-24H2,(H,50,51)(H,49,56,57)/t36-/m0/s1. The van der Waals surface area contributed by atoms with Gasteiger partial charge in [0.05, 0.1) is 23.0 Å². The fourth-order valence-electron chi connectivity index (χ4n) is 9.79. The number of aromatic amines is 1. The van der Waals surface area contributed by atoms with E-state index >= 15 is 4.39 Å². The van der Waals surface area contributed by atoms with Crippen LogP contribution in [0.4, 0.5) is 33.3 Å². The number of aryl methyl sites for hydroxylation is 1. The summed E-state index contributed by atoms with van der Waals surface area (Å²) in [6, 6.07) is 13.2. The third-order valence-corrected chi connectivity index (χ3v) is 12.7. The molecule has 0 saturated carbocycles. The molecule has 3 fully saturated rings. The Morgan fingerprint density at radius 3 is 2.33 bits per heavy atom. The highest BCUT2D eigenvalue weighted by Gasteiger charge is 2.39. The third-order valence-electron chi connectivity index (χ3n) is 12.7. The molecule has 3 amide bonds. The predicted octanol–water partition coefficient (Wildman–Crippen LogP) is 6.73. The number of hydrogen-bond acceptors (Lipinski definition) is 7. The third kappa shape index (κ3) is 7.33. The number of carbonyl (C=O) groups is 3. The zero-order valence-corrected chi connectivity index (χ0v) is 31.9. The first-order chi connectivity index (χ1) is 27.9. The van der Waals surface area contributed by atoms with Crippen molar-refractivity contribution in [2.24, 2.45) is 5.92 Å². The summed E-state index contributed by atoms with van der Waals surface area (Å²) < 4.78 is 72.5. The minimum Gasteiger partial charge on any atom is -0.369 e. The summed E-state index contributed by atoms with van der Waals surface area (Å²) in [4.78, 5) is 45.6. The molecule has 5 aliphatic rings. The van der Waals surface area contributed by atoms with Crippen LogP contribution in [0.2, 0.25) is 0 Å². The number of fused-ring (bicyclic) bond motifs is 4. The molecule has 1 aromatic heterocycles. The van der Waals surface area contributed by atoms with Gasteiger partial charge < -0.3 is 14.7 Å². The van der Waals surface area contributed by atoms with Crippen LogP contribution in [0, 0.1) is 17.7 Å². The molecule has 0 radical (unpaired) electrons. The van der Waals surface area contributed by atoms with E-state index < -0.39 is 36.3 Å². The number of benzene rings is 3. The number of halogens is 5. The zero-order chi connectivity index (χ0) is 40.3. The highest BCUT2D eigenvalue weighted by molar-refractivity contribution is 6.05. The Morgan fingerprint density at radius 2 is 1.59 bits per heavy atom. The van der Waals surface area contributed by atoms with Crippen molar-refractivity contribution in [2.45, 2.75) is 70.1 Å². The van der Waals surface area contributed by atoms with Gasteiger partial charge in [-0.1, -0.05) is 17.7 Å². The van der Waals surface area contributed by atoms with Crippen molar-refractivity contribution in [2.75, 3.05) is 55.6 Å². The largest absolute Gasteiger partial charge is 0.392 e. The number of anilines is 2. The number of aromatic nitrogens is 2. The molecule has 9 rings (SSSR count). The first-order valence-electron chi connectivity index (χ1n) is 20.1. The molecule has 2 N–H and O–H groups in total. The lowest BCUT2D eigenvalue weighted by Gasteiger charge is -2.40. The topological polar surface area (TPSA) is 105 Å². The van der Waals surface area contributed by atoms with Crippen LogP contribution in [0.3, 0.4) is 0 Å². The minimum atomic E-state index is -4.46. The molecule has 58 heavy (non-hydrogen) atoms. The number of imide groups is 1. The van der Waals surface area contributed by atoms with Gasteiger partial charge in [0.1, 0.15) is 11.9 Å². The fourth-order valence-corrected chi connectivity index (χ4v) is 9.79. The van der Waals surface area contributed by atoms with E-state index in [0.717, 1.165) is 56.8 Å². The van der Waals surface area contributed by atoms with Crippen LogP contribution in [-0.2, 0) is 22.6 Å². The highest BCUT2D eigenvalue weighted by atomic mass is 19.4. The minimum absolute atomic E-state index is 0.166. The van der Waals surface area contributed by atoms with Gasteiger partial charge in [-0.05, 0) is 109 Å². The molecule has 15 heteroatoms. The van der Waals surface area contributed by atoms with Crippen molar-refractivity contribution >= 4 is 45.6 Å². The molecule has 0 unspecified atom stereocenters. The van der Waals surface area contributed by atoms with E-state index in [1.54, 1.807) is 29.2 Å². The summed E-state index contributed by atoms with van der Waals surface area (Å²) in [5.74, 6) is -1.67. The van der Waals surface area contributed by atoms with Gasteiger partial charge in [0.15, 0.2) is 0 Å². The molecule has 304 valence electrons. The van der Waals surface area contributed by atoms with Crippen molar-refractivity contribution in [3.05, 3.63) is 93.7 Å². The van der Waals surface area contributed by atoms with Crippen molar-refractivity contribution in [3.63, 3.8) is 0 Å². The Hall–Kier alpha value is -5.31. The molecule has 4 aromatic rings. The van der Waals surface area contributed by atoms with Crippen LogP contribution in [0.5, 0.6) is 0 Å². The number of piperidine rings is 2. The Bertz CT molecular complexity index is 2320. The van der Waals surface area contributed by atoms with Crippen LogP contribution < -0.4 is 15.1 Å². The Labute approximate surface area is 332 Å². The molecule has 0 spiro atoms. The fraction of sp³-hybridized carbons (Fsp3) is 0.442. The highest BCUT2D eigenvalue weighted by Crippen LogP contribution is 2.43. The molecule has 10 nitrogen and oxygen atoms in total. The number of rotatable bonds is 7. The van der Waals surface area contributed by atoms with Gasteiger partial charge in [-0.15, -0.1) is 5.10 Å². The van der Waals surface area contributed by atoms with Gasteiger partial charge in [0, 0.05) is 70.0 Å². The van der Waals surface area contributed by atoms with Gasteiger partial charge in [-0.25, -0.2) is 4.39 Å². The zero-order valence-electron chi connectivity index (χ0n) is 31.9. The second kappa shape index (κ2) is 15.1.